The Hall–Kier alpha value is -2.38. The number of carboxylic acids is 1. The van der Waals surface area contributed by atoms with Gasteiger partial charge in [0.25, 0.3) is 0 Å². The Morgan fingerprint density at radius 2 is 1.48 bits per heavy atom. The summed E-state index contributed by atoms with van der Waals surface area (Å²) < 4.78 is 0. The number of rotatable bonds is 17. The number of amides is 4. The van der Waals surface area contributed by atoms with Gasteiger partial charge in [0.15, 0.2) is 0 Å². The van der Waals surface area contributed by atoms with E-state index in [2.05, 4.69) is 16.0 Å². The number of carbonyl (C=O) groups is 5. The molecular weight excluding hydrogens is 452 g/mol. The van der Waals surface area contributed by atoms with Gasteiger partial charge in [-0.25, -0.2) is 4.79 Å². The SMILES string of the molecule is CSCCC(NC(=O)C(CC(N)=O)NC(=O)C(N)CCCCN)C(=O)NC(C(=O)O)C(C)C. The van der Waals surface area contributed by atoms with E-state index in [4.69, 9.17) is 17.2 Å². The number of nitrogens with two attached hydrogens (primary N) is 3. The summed E-state index contributed by atoms with van der Waals surface area (Å²) in [6.07, 6.45) is 3.18. The Bertz CT molecular complexity index is 677. The molecular formula is C20H38N6O6S. The molecule has 0 saturated carbocycles. The first-order chi connectivity index (χ1) is 15.4. The fraction of sp³-hybridized carbons (Fsp3) is 0.750. The van der Waals surface area contributed by atoms with Gasteiger partial charge in [-0.1, -0.05) is 20.3 Å². The van der Waals surface area contributed by atoms with E-state index < -0.39 is 60.2 Å². The third-order valence-corrected chi connectivity index (χ3v) is 5.46. The molecule has 0 spiro atoms. The average molecular weight is 491 g/mol. The van der Waals surface area contributed by atoms with Crippen molar-refractivity contribution in [3.05, 3.63) is 0 Å². The van der Waals surface area contributed by atoms with Gasteiger partial charge in [0.05, 0.1) is 12.5 Å². The largest absolute Gasteiger partial charge is 0.480 e. The number of thioether (sulfide) groups is 1. The van der Waals surface area contributed by atoms with E-state index in [1.54, 1.807) is 13.8 Å². The predicted molar refractivity (Wildman–Crippen MR) is 126 cm³/mol. The minimum atomic E-state index is -1.33. The van der Waals surface area contributed by atoms with Gasteiger partial charge in [-0.2, -0.15) is 11.8 Å². The van der Waals surface area contributed by atoms with Crippen molar-refractivity contribution < 1.29 is 29.1 Å². The van der Waals surface area contributed by atoms with Gasteiger partial charge >= 0.3 is 5.97 Å². The molecule has 0 aliphatic heterocycles. The molecule has 190 valence electrons. The lowest BCUT2D eigenvalue weighted by Crippen LogP contribution is -2.58. The topological polar surface area (TPSA) is 220 Å². The van der Waals surface area contributed by atoms with Crippen molar-refractivity contribution in [1.29, 1.82) is 0 Å². The van der Waals surface area contributed by atoms with Crippen molar-refractivity contribution in [2.75, 3.05) is 18.6 Å². The molecule has 13 heteroatoms. The summed E-state index contributed by atoms with van der Waals surface area (Å²) in [7, 11) is 0. The van der Waals surface area contributed by atoms with Crippen LogP contribution in [-0.4, -0.2) is 77.4 Å². The number of carbonyl (C=O) groups excluding carboxylic acids is 4. The van der Waals surface area contributed by atoms with Gasteiger partial charge in [0, 0.05) is 0 Å². The molecule has 0 fully saturated rings. The Labute approximate surface area is 198 Å². The predicted octanol–water partition coefficient (Wildman–Crippen LogP) is -1.73. The van der Waals surface area contributed by atoms with E-state index in [-0.39, 0.29) is 12.3 Å². The standard InChI is InChI=1S/C20H38N6O6S/c1-11(2)16(20(31)32)26-18(29)13(7-9-33-3)24-19(30)14(10-15(23)27)25-17(28)12(22)6-4-5-8-21/h11-14,16H,4-10,21-22H2,1-3H3,(H2,23,27)(H,24,30)(H,25,28)(H,26,29)(H,31,32). The fourth-order valence-electron chi connectivity index (χ4n) is 2.87. The lowest BCUT2D eigenvalue weighted by molar-refractivity contribution is -0.143. The van der Waals surface area contributed by atoms with Crippen molar-refractivity contribution in [3.63, 3.8) is 0 Å². The maximum absolute atomic E-state index is 12.8. The maximum atomic E-state index is 12.8. The number of unbranched alkanes of at least 4 members (excludes halogenated alkanes) is 1. The summed E-state index contributed by atoms with van der Waals surface area (Å²) in [5.41, 5.74) is 16.5. The number of aliphatic carboxylic acids is 1. The lowest BCUT2D eigenvalue weighted by atomic mass is 10.0. The molecule has 0 aromatic rings. The zero-order valence-electron chi connectivity index (χ0n) is 19.5. The summed E-state index contributed by atoms with van der Waals surface area (Å²) >= 11 is 1.43. The van der Waals surface area contributed by atoms with Crippen LogP contribution >= 0.6 is 11.8 Å². The van der Waals surface area contributed by atoms with E-state index in [9.17, 15) is 29.1 Å². The van der Waals surface area contributed by atoms with Crippen LogP contribution in [0.15, 0.2) is 0 Å². The Balaban J connectivity index is 5.39. The van der Waals surface area contributed by atoms with E-state index in [0.29, 0.717) is 31.6 Å². The third-order valence-electron chi connectivity index (χ3n) is 4.82. The van der Waals surface area contributed by atoms with Gasteiger partial charge in [0.2, 0.25) is 23.6 Å². The van der Waals surface area contributed by atoms with E-state index >= 15 is 0 Å². The van der Waals surface area contributed by atoms with Gasteiger partial charge in [-0.3, -0.25) is 19.2 Å². The second kappa shape index (κ2) is 16.3. The first-order valence-corrected chi connectivity index (χ1v) is 12.2. The summed E-state index contributed by atoms with van der Waals surface area (Å²) in [5.74, 6) is -4.03. The summed E-state index contributed by atoms with van der Waals surface area (Å²) in [6, 6.07) is -4.45. The molecule has 4 amide bonds. The highest BCUT2D eigenvalue weighted by molar-refractivity contribution is 7.98. The highest BCUT2D eigenvalue weighted by Gasteiger charge is 2.31. The van der Waals surface area contributed by atoms with E-state index in [1.807, 2.05) is 6.26 Å². The van der Waals surface area contributed by atoms with Gasteiger partial charge in [-0.15, -0.1) is 0 Å². The molecule has 12 nitrogen and oxygen atoms in total. The summed E-state index contributed by atoms with van der Waals surface area (Å²) in [4.78, 5) is 60.8. The quantitative estimate of drug-likeness (QED) is 0.115. The van der Waals surface area contributed by atoms with Gasteiger partial charge in [0.1, 0.15) is 18.1 Å². The van der Waals surface area contributed by atoms with Crippen LogP contribution in [0.4, 0.5) is 0 Å². The zero-order chi connectivity index (χ0) is 25.6. The van der Waals surface area contributed by atoms with Crippen LogP contribution in [0.2, 0.25) is 0 Å². The van der Waals surface area contributed by atoms with Crippen LogP contribution in [0, 0.1) is 5.92 Å². The molecule has 0 radical (unpaired) electrons. The molecule has 4 unspecified atom stereocenters. The monoisotopic (exact) mass is 490 g/mol. The molecule has 0 saturated heterocycles. The van der Waals surface area contributed by atoms with Crippen LogP contribution in [-0.2, 0) is 24.0 Å². The van der Waals surface area contributed by atoms with Crippen LogP contribution in [0.25, 0.3) is 0 Å². The van der Waals surface area contributed by atoms with Gasteiger partial charge < -0.3 is 38.3 Å². The van der Waals surface area contributed by atoms with Crippen molar-refractivity contribution in [2.45, 2.75) is 70.1 Å². The molecule has 0 bridgehead atoms. The minimum absolute atomic E-state index is 0.207. The van der Waals surface area contributed by atoms with E-state index in [1.165, 1.54) is 11.8 Å². The fourth-order valence-corrected chi connectivity index (χ4v) is 3.34. The number of hydrogen-bond acceptors (Lipinski definition) is 8. The zero-order valence-corrected chi connectivity index (χ0v) is 20.3. The first kappa shape index (κ1) is 30.6. The maximum Gasteiger partial charge on any atom is 0.326 e. The van der Waals surface area contributed by atoms with Crippen LogP contribution in [0.1, 0.15) is 46.0 Å². The molecule has 33 heavy (non-hydrogen) atoms. The molecule has 0 aliphatic rings. The average Bonchev–Trinajstić information content (AvgIpc) is 2.73. The Morgan fingerprint density at radius 3 is 1.97 bits per heavy atom. The van der Waals surface area contributed by atoms with Crippen molar-refractivity contribution >= 4 is 41.4 Å². The number of hydrogen-bond donors (Lipinski definition) is 7. The normalized spacial score (nSPS) is 14.6. The van der Waals surface area contributed by atoms with Crippen LogP contribution in [0.3, 0.4) is 0 Å². The lowest BCUT2D eigenvalue weighted by Gasteiger charge is -2.25. The van der Waals surface area contributed by atoms with E-state index in [0.717, 1.165) is 0 Å². The molecule has 0 aliphatic carbocycles. The molecule has 0 aromatic carbocycles. The highest BCUT2D eigenvalue weighted by atomic mass is 32.2. The van der Waals surface area contributed by atoms with Gasteiger partial charge in [-0.05, 0) is 43.7 Å². The van der Waals surface area contributed by atoms with Crippen molar-refractivity contribution in [2.24, 2.45) is 23.1 Å². The smallest absolute Gasteiger partial charge is 0.326 e. The number of carboxylic acid groups (broad SMARTS) is 1. The molecule has 0 rings (SSSR count). The van der Waals surface area contributed by atoms with Crippen LogP contribution < -0.4 is 33.2 Å². The minimum Gasteiger partial charge on any atom is -0.480 e. The summed E-state index contributed by atoms with van der Waals surface area (Å²) in [6.45, 7) is 3.74. The summed E-state index contributed by atoms with van der Waals surface area (Å²) in [5, 5.41) is 16.7. The highest BCUT2D eigenvalue weighted by Crippen LogP contribution is 2.07. The number of nitrogens with one attached hydrogen (secondary N) is 3. The molecule has 4 atom stereocenters. The van der Waals surface area contributed by atoms with Crippen LogP contribution in [0.5, 0.6) is 0 Å². The molecule has 0 aromatic heterocycles. The number of primary amides is 1. The second-order valence-corrected chi connectivity index (χ2v) is 9.02. The Morgan fingerprint density at radius 1 is 0.909 bits per heavy atom. The Kier molecular flexibility index (Phi) is 15.1. The van der Waals surface area contributed by atoms with Crippen molar-refractivity contribution in [1.82, 2.24) is 16.0 Å². The first-order valence-electron chi connectivity index (χ1n) is 10.8. The van der Waals surface area contributed by atoms with Crippen molar-refractivity contribution in [3.8, 4) is 0 Å². The molecule has 0 heterocycles. The second-order valence-electron chi connectivity index (χ2n) is 8.03. The molecule has 10 N–H and O–H groups in total. The third kappa shape index (κ3) is 12.4.